The zero-order chi connectivity index (χ0) is 43.5. The zero-order valence-electron chi connectivity index (χ0n) is 35.6. The van der Waals surface area contributed by atoms with Crippen molar-refractivity contribution in [2.75, 3.05) is 38.3 Å². The SMILES string of the molecule is COCCOC(=O)N1C(=O)[C@@]2(c3cc(C#CC4=CCCCC4)ccc31)[C@H](c1ccc(O)cc1)N1[C@H](c3ccccc3)[C@H](c3ccccc3)OC(=O)[C@H]1[C@@H]2C(=O)N1CCCCCCC1. The van der Waals surface area contributed by atoms with E-state index in [1.165, 1.54) is 7.11 Å². The molecule has 4 heterocycles. The number of methoxy groups -OCH3 is 1. The van der Waals surface area contributed by atoms with E-state index in [1.54, 1.807) is 36.4 Å². The summed E-state index contributed by atoms with van der Waals surface area (Å²) in [7, 11) is 1.49. The number of morpholine rings is 1. The average Bonchev–Trinajstić information content (AvgIpc) is 3.75. The van der Waals surface area contributed by atoms with Crippen LogP contribution in [0.1, 0.15) is 104 Å². The average molecular weight is 848 g/mol. The van der Waals surface area contributed by atoms with Crippen molar-refractivity contribution in [1.82, 2.24) is 9.80 Å². The Labute approximate surface area is 368 Å². The molecule has 11 nitrogen and oxygen atoms in total. The Bertz CT molecular complexity index is 2440. The summed E-state index contributed by atoms with van der Waals surface area (Å²) in [5.41, 5.74) is 2.50. The topological polar surface area (TPSA) is 126 Å². The second-order valence-corrected chi connectivity index (χ2v) is 17.2. The van der Waals surface area contributed by atoms with Crippen LogP contribution in [0.15, 0.2) is 115 Å². The largest absolute Gasteiger partial charge is 0.508 e. The molecule has 0 unspecified atom stereocenters. The monoisotopic (exact) mass is 847 g/mol. The van der Waals surface area contributed by atoms with Gasteiger partial charge in [0.2, 0.25) is 11.8 Å². The van der Waals surface area contributed by atoms with E-state index < -0.39 is 53.5 Å². The standard InChI is InChI=1S/C52H53N3O8/c1-61-32-33-62-51(60)54-42-29-24-36(23-22-35-16-8-5-9-17-35)34-41(42)52(50(54)59)43(48(57)53-30-14-3-2-4-15-31-53)45-49(58)63-46(38-20-12-7-13-21-38)44(37-18-10-6-11-19-37)55(45)47(52)39-25-27-40(56)28-26-39/h6-7,10-13,16,18-21,24-29,34,43-47,56H,2-5,8-9,14-15,17,30-33H2,1H3/t43-,44-,45-,46+,47+,52-/m1/s1. The fourth-order valence-electron chi connectivity index (χ4n) is 10.6. The molecule has 1 aliphatic carbocycles. The smallest absolute Gasteiger partial charge is 0.421 e. The highest BCUT2D eigenvalue weighted by atomic mass is 16.6. The van der Waals surface area contributed by atoms with Crippen molar-refractivity contribution in [2.24, 2.45) is 5.92 Å². The number of hydrogen-bond acceptors (Lipinski definition) is 9. The number of esters is 1. The van der Waals surface area contributed by atoms with E-state index in [0.29, 0.717) is 29.8 Å². The number of likely N-dealkylation sites (tertiary alicyclic amines) is 1. The number of carbonyl (C=O) groups excluding carboxylic acids is 4. The molecule has 3 amide bonds. The number of anilines is 1. The Hall–Kier alpha value is -6.22. The molecule has 1 N–H and O–H groups in total. The van der Waals surface area contributed by atoms with E-state index in [0.717, 1.165) is 79.4 Å². The molecule has 0 radical (unpaired) electrons. The minimum absolute atomic E-state index is 0.00602. The van der Waals surface area contributed by atoms with Gasteiger partial charge in [-0.2, -0.15) is 0 Å². The minimum Gasteiger partial charge on any atom is -0.508 e. The lowest BCUT2D eigenvalue weighted by Crippen LogP contribution is -2.56. The van der Waals surface area contributed by atoms with Gasteiger partial charge in [0.25, 0.3) is 0 Å². The van der Waals surface area contributed by atoms with E-state index >= 15 is 14.4 Å². The maximum absolute atomic E-state index is 16.3. The van der Waals surface area contributed by atoms with Crippen LogP contribution < -0.4 is 4.90 Å². The molecule has 4 aromatic carbocycles. The van der Waals surface area contributed by atoms with Crippen LogP contribution >= 0.6 is 0 Å². The van der Waals surface area contributed by atoms with Gasteiger partial charge in [-0.15, -0.1) is 0 Å². The number of aromatic hydroxyl groups is 1. The van der Waals surface area contributed by atoms with Crippen LogP contribution in [0, 0.1) is 17.8 Å². The van der Waals surface area contributed by atoms with Crippen LogP contribution in [0.2, 0.25) is 0 Å². The first-order valence-corrected chi connectivity index (χ1v) is 22.3. The van der Waals surface area contributed by atoms with E-state index in [1.807, 2.05) is 76.5 Å². The number of fused-ring (bicyclic) bond motifs is 3. The zero-order valence-corrected chi connectivity index (χ0v) is 35.6. The number of benzene rings is 4. The summed E-state index contributed by atoms with van der Waals surface area (Å²) in [6, 6.07) is 28.1. The molecular weight excluding hydrogens is 795 g/mol. The van der Waals surface area contributed by atoms with Gasteiger partial charge >= 0.3 is 12.1 Å². The van der Waals surface area contributed by atoms with Crippen LogP contribution in [0.25, 0.3) is 0 Å². The molecule has 0 saturated carbocycles. The molecule has 0 aromatic heterocycles. The fraction of sp³-hybridized carbons (Fsp3) is 0.385. The number of cyclic esters (lactones) is 1. The number of phenolic OH excluding ortho intramolecular Hbond substituents is 1. The first-order chi connectivity index (χ1) is 30.8. The number of carbonyl (C=O) groups is 4. The predicted molar refractivity (Wildman–Crippen MR) is 236 cm³/mol. The number of ether oxygens (including phenoxy) is 3. The summed E-state index contributed by atoms with van der Waals surface area (Å²) >= 11 is 0. The van der Waals surface area contributed by atoms with E-state index in [9.17, 15) is 9.90 Å². The number of nitrogens with zero attached hydrogens (tertiary/aromatic N) is 3. The Morgan fingerprint density at radius 3 is 2.16 bits per heavy atom. The number of imide groups is 1. The van der Waals surface area contributed by atoms with Gasteiger partial charge in [-0.05, 0) is 96.7 Å². The number of allylic oxidation sites excluding steroid dienone is 2. The molecule has 4 aliphatic heterocycles. The Kier molecular flexibility index (Phi) is 12.2. The molecule has 3 saturated heterocycles. The van der Waals surface area contributed by atoms with Gasteiger partial charge in [0, 0.05) is 25.8 Å². The van der Waals surface area contributed by atoms with Gasteiger partial charge in [0.1, 0.15) is 29.9 Å². The van der Waals surface area contributed by atoms with Crippen molar-refractivity contribution >= 4 is 29.6 Å². The van der Waals surface area contributed by atoms with Crippen molar-refractivity contribution in [3.8, 4) is 17.6 Å². The van der Waals surface area contributed by atoms with Crippen molar-refractivity contribution in [3.05, 3.63) is 143 Å². The van der Waals surface area contributed by atoms with Gasteiger partial charge in [0.15, 0.2) is 0 Å². The third kappa shape index (κ3) is 7.70. The molecule has 0 bridgehead atoms. The number of phenols is 1. The lowest BCUT2D eigenvalue weighted by molar-refractivity contribution is -0.179. The molecule has 3 fully saturated rings. The Balaban J connectivity index is 1.35. The van der Waals surface area contributed by atoms with E-state index in [4.69, 9.17) is 14.2 Å². The van der Waals surface area contributed by atoms with Gasteiger partial charge in [0.05, 0.1) is 30.3 Å². The van der Waals surface area contributed by atoms with Crippen LogP contribution in [0.3, 0.4) is 0 Å². The third-order valence-electron chi connectivity index (χ3n) is 13.5. The van der Waals surface area contributed by atoms with Gasteiger partial charge in [-0.1, -0.05) is 110 Å². The number of rotatable bonds is 7. The summed E-state index contributed by atoms with van der Waals surface area (Å²) in [5.74, 6) is 3.68. The highest BCUT2D eigenvalue weighted by Crippen LogP contribution is 2.66. The van der Waals surface area contributed by atoms with Gasteiger partial charge in [-0.25, -0.2) is 9.69 Å². The summed E-state index contributed by atoms with van der Waals surface area (Å²) < 4.78 is 17.5. The second kappa shape index (κ2) is 18.2. The number of amides is 3. The molecule has 4 aromatic rings. The minimum atomic E-state index is -1.91. The van der Waals surface area contributed by atoms with Crippen LogP contribution in [-0.2, 0) is 34.0 Å². The molecule has 5 aliphatic rings. The summed E-state index contributed by atoms with van der Waals surface area (Å²) in [4.78, 5) is 67.1. The lowest BCUT2D eigenvalue weighted by atomic mass is 9.64. The predicted octanol–water partition coefficient (Wildman–Crippen LogP) is 8.49. The molecule has 9 rings (SSSR count). The Morgan fingerprint density at radius 1 is 0.778 bits per heavy atom. The third-order valence-corrected chi connectivity index (χ3v) is 13.5. The van der Waals surface area contributed by atoms with Crippen molar-refractivity contribution < 1.29 is 38.5 Å². The highest BCUT2D eigenvalue weighted by Gasteiger charge is 2.76. The van der Waals surface area contributed by atoms with E-state index in [-0.39, 0.29) is 30.6 Å². The van der Waals surface area contributed by atoms with Crippen molar-refractivity contribution in [1.29, 1.82) is 0 Å². The van der Waals surface area contributed by atoms with Gasteiger partial charge < -0.3 is 24.2 Å². The van der Waals surface area contributed by atoms with Crippen molar-refractivity contribution in [2.45, 2.75) is 87.4 Å². The first-order valence-electron chi connectivity index (χ1n) is 22.3. The lowest BCUT2D eigenvalue weighted by Gasteiger charge is -2.46. The van der Waals surface area contributed by atoms with Crippen LogP contribution in [-0.4, -0.2) is 78.2 Å². The maximum Gasteiger partial charge on any atom is 0.421 e. The van der Waals surface area contributed by atoms with E-state index in [2.05, 4.69) is 17.9 Å². The normalized spacial score (nSPS) is 25.8. The van der Waals surface area contributed by atoms with Crippen LogP contribution in [0.5, 0.6) is 5.75 Å². The molecule has 1 spiro atoms. The highest BCUT2D eigenvalue weighted by molar-refractivity contribution is 6.23. The van der Waals surface area contributed by atoms with Crippen molar-refractivity contribution in [3.63, 3.8) is 0 Å². The summed E-state index contributed by atoms with van der Waals surface area (Å²) in [6.07, 6.45) is 8.90. The number of hydrogen-bond donors (Lipinski definition) is 1. The molecular formula is C52H53N3O8. The maximum atomic E-state index is 16.3. The quantitative estimate of drug-likeness (QED) is 0.111. The Morgan fingerprint density at radius 2 is 1.48 bits per heavy atom. The molecule has 11 heteroatoms. The first kappa shape index (κ1) is 42.1. The summed E-state index contributed by atoms with van der Waals surface area (Å²) in [6.45, 7) is 0.893. The fourth-order valence-corrected chi connectivity index (χ4v) is 10.6. The molecule has 6 atom stereocenters. The molecule has 63 heavy (non-hydrogen) atoms. The second-order valence-electron chi connectivity index (χ2n) is 17.2. The summed E-state index contributed by atoms with van der Waals surface area (Å²) in [5, 5.41) is 10.7. The van der Waals surface area contributed by atoms with Gasteiger partial charge in [-0.3, -0.25) is 19.3 Å². The molecule has 324 valence electrons. The van der Waals surface area contributed by atoms with Crippen LogP contribution in [0.4, 0.5) is 10.5 Å².